The molecule has 2 fully saturated rings. The number of aliphatic hydroxyl groups is 1. The number of aromatic amines is 1. The molecular weight excluding hydrogens is 294 g/mol. The van der Waals surface area contributed by atoms with Crippen molar-refractivity contribution in [3.05, 3.63) is 17.0 Å². The molecule has 6 heteroatoms. The Morgan fingerprint density at radius 2 is 2.39 bits per heavy atom. The number of fused-ring (bicyclic) bond motifs is 2. The molecule has 1 aliphatic carbocycles. The van der Waals surface area contributed by atoms with Crippen LogP contribution in [0.15, 0.2) is 0 Å². The van der Waals surface area contributed by atoms with Gasteiger partial charge in [-0.3, -0.25) is 9.89 Å². The number of rotatable bonds is 2. The molecule has 6 nitrogen and oxygen atoms in total. The highest BCUT2D eigenvalue weighted by Gasteiger charge is 2.49. The molecule has 0 spiro atoms. The second-order valence-corrected chi connectivity index (χ2v) is 7.26. The topological polar surface area (TPSA) is 78.5 Å². The van der Waals surface area contributed by atoms with Crippen LogP contribution in [0, 0.1) is 11.8 Å². The number of hydrogen-bond acceptors (Lipinski definition) is 4. The van der Waals surface area contributed by atoms with Crippen molar-refractivity contribution in [2.75, 3.05) is 19.7 Å². The molecule has 3 atom stereocenters. The molecule has 23 heavy (non-hydrogen) atoms. The van der Waals surface area contributed by atoms with Gasteiger partial charge in [0.05, 0.1) is 18.8 Å². The quantitative estimate of drug-likeness (QED) is 0.866. The predicted octanol–water partition coefficient (Wildman–Crippen LogP) is 1.50. The molecule has 1 amide bonds. The Kier molecular flexibility index (Phi) is 3.69. The Balaban J connectivity index is 1.55. The zero-order chi connectivity index (χ0) is 16.0. The van der Waals surface area contributed by atoms with Crippen molar-refractivity contribution < 1.29 is 14.6 Å². The van der Waals surface area contributed by atoms with Crippen LogP contribution in [0.5, 0.6) is 0 Å². The van der Waals surface area contributed by atoms with Gasteiger partial charge in [-0.2, -0.15) is 5.10 Å². The highest BCUT2D eigenvalue weighted by atomic mass is 16.5. The summed E-state index contributed by atoms with van der Waals surface area (Å²) in [4.78, 5) is 14.8. The van der Waals surface area contributed by atoms with Crippen LogP contribution < -0.4 is 0 Å². The molecule has 4 rings (SSSR count). The van der Waals surface area contributed by atoms with E-state index in [0.29, 0.717) is 31.4 Å². The SMILES string of the molecule is CC[C@]1(O)CCC[C@H]2CN(C(=O)c3n[nH]c4c3COCC4)C[C@H]21. The molecule has 0 bridgehead atoms. The molecule has 1 aromatic rings. The summed E-state index contributed by atoms with van der Waals surface area (Å²) in [5.74, 6) is 0.612. The lowest BCUT2D eigenvalue weighted by Gasteiger charge is -2.40. The number of nitrogens with zero attached hydrogens (tertiary/aromatic N) is 2. The second kappa shape index (κ2) is 5.60. The van der Waals surface area contributed by atoms with Crippen LogP contribution >= 0.6 is 0 Å². The number of carbonyl (C=O) groups is 1. The lowest BCUT2D eigenvalue weighted by Crippen LogP contribution is -2.44. The highest BCUT2D eigenvalue weighted by Crippen LogP contribution is 2.44. The fourth-order valence-corrected chi connectivity index (χ4v) is 4.67. The van der Waals surface area contributed by atoms with E-state index >= 15 is 0 Å². The van der Waals surface area contributed by atoms with E-state index in [1.165, 1.54) is 0 Å². The molecular formula is C17H25N3O3. The average molecular weight is 319 g/mol. The summed E-state index contributed by atoms with van der Waals surface area (Å²) < 4.78 is 5.48. The van der Waals surface area contributed by atoms with E-state index in [0.717, 1.165) is 49.9 Å². The van der Waals surface area contributed by atoms with E-state index in [9.17, 15) is 9.90 Å². The van der Waals surface area contributed by atoms with Crippen LogP contribution in [0.25, 0.3) is 0 Å². The van der Waals surface area contributed by atoms with Gasteiger partial charge in [0.1, 0.15) is 0 Å². The van der Waals surface area contributed by atoms with Gasteiger partial charge in [-0.1, -0.05) is 13.3 Å². The summed E-state index contributed by atoms with van der Waals surface area (Å²) in [5, 5.41) is 18.1. The van der Waals surface area contributed by atoms with E-state index < -0.39 is 5.60 Å². The number of nitrogens with one attached hydrogen (secondary N) is 1. The summed E-state index contributed by atoms with van der Waals surface area (Å²) in [5.41, 5.74) is 1.85. The van der Waals surface area contributed by atoms with Crippen LogP contribution in [0.1, 0.15) is 54.4 Å². The maximum absolute atomic E-state index is 12.9. The number of carbonyl (C=O) groups excluding carboxylic acids is 1. The van der Waals surface area contributed by atoms with E-state index in [4.69, 9.17) is 4.74 Å². The molecule has 1 saturated heterocycles. The van der Waals surface area contributed by atoms with Crippen LogP contribution in [-0.2, 0) is 17.8 Å². The normalized spacial score (nSPS) is 33.4. The van der Waals surface area contributed by atoms with Gasteiger partial charge in [0.25, 0.3) is 5.91 Å². The molecule has 2 aliphatic heterocycles. The molecule has 3 aliphatic rings. The lowest BCUT2D eigenvalue weighted by molar-refractivity contribution is -0.0609. The highest BCUT2D eigenvalue weighted by molar-refractivity contribution is 5.94. The van der Waals surface area contributed by atoms with Crippen molar-refractivity contribution in [2.45, 2.75) is 51.2 Å². The van der Waals surface area contributed by atoms with Crippen LogP contribution in [-0.4, -0.2) is 51.4 Å². The molecule has 1 aromatic heterocycles. The van der Waals surface area contributed by atoms with E-state index in [2.05, 4.69) is 10.2 Å². The van der Waals surface area contributed by atoms with Gasteiger partial charge >= 0.3 is 0 Å². The minimum absolute atomic E-state index is 0.0131. The maximum Gasteiger partial charge on any atom is 0.274 e. The molecule has 0 unspecified atom stereocenters. The standard InChI is InChI=1S/C17H25N3O3/c1-2-17(22)6-3-4-11-8-20(9-13(11)17)16(21)15-12-10-23-7-5-14(12)18-19-15/h11,13,22H,2-10H2,1H3,(H,18,19)/t11-,13+,17-/m0/s1. The van der Waals surface area contributed by atoms with E-state index in [1.807, 2.05) is 11.8 Å². The summed E-state index contributed by atoms with van der Waals surface area (Å²) in [6, 6.07) is 0. The van der Waals surface area contributed by atoms with Crippen molar-refractivity contribution in [1.82, 2.24) is 15.1 Å². The minimum Gasteiger partial charge on any atom is -0.390 e. The Hall–Kier alpha value is -1.40. The van der Waals surface area contributed by atoms with Gasteiger partial charge in [-0.25, -0.2) is 0 Å². The number of likely N-dealkylation sites (tertiary alicyclic amines) is 1. The Morgan fingerprint density at radius 1 is 1.52 bits per heavy atom. The van der Waals surface area contributed by atoms with Gasteiger partial charge in [-0.05, 0) is 25.2 Å². The summed E-state index contributed by atoms with van der Waals surface area (Å²) in [7, 11) is 0. The first-order chi connectivity index (χ1) is 11.1. The molecule has 0 aromatic carbocycles. The summed E-state index contributed by atoms with van der Waals surface area (Å²) in [6.45, 7) is 4.59. The Bertz CT molecular complexity index is 614. The third-order valence-corrected chi connectivity index (χ3v) is 6.11. The first kappa shape index (κ1) is 15.1. The van der Waals surface area contributed by atoms with E-state index in [1.54, 1.807) is 0 Å². The minimum atomic E-state index is -0.605. The molecule has 126 valence electrons. The van der Waals surface area contributed by atoms with E-state index in [-0.39, 0.29) is 11.8 Å². The fraction of sp³-hybridized carbons (Fsp3) is 0.765. The summed E-state index contributed by atoms with van der Waals surface area (Å²) in [6.07, 6.45) is 4.58. The first-order valence-corrected chi connectivity index (χ1v) is 8.78. The van der Waals surface area contributed by atoms with Crippen molar-refractivity contribution in [1.29, 1.82) is 0 Å². The maximum atomic E-state index is 12.9. The van der Waals surface area contributed by atoms with Crippen LogP contribution in [0.4, 0.5) is 0 Å². The Labute approximate surface area is 136 Å². The lowest BCUT2D eigenvalue weighted by atomic mass is 9.69. The summed E-state index contributed by atoms with van der Waals surface area (Å²) >= 11 is 0. The zero-order valence-electron chi connectivity index (χ0n) is 13.7. The van der Waals surface area contributed by atoms with Crippen LogP contribution in [0.3, 0.4) is 0 Å². The Morgan fingerprint density at radius 3 is 3.22 bits per heavy atom. The number of hydrogen-bond donors (Lipinski definition) is 2. The van der Waals surface area contributed by atoms with Gasteiger partial charge in [0, 0.05) is 36.7 Å². The van der Waals surface area contributed by atoms with Crippen molar-refractivity contribution in [3.63, 3.8) is 0 Å². The molecule has 3 heterocycles. The van der Waals surface area contributed by atoms with Crippen molar-refractivity contribution in [3.8, 4) is 0 Å². The third-order valence-electron chi connectivity index (χ3n) is 6.11. The van der Waals surface area contributed by atoms with Gasteiger partial charge in [0.15, 0.2) is 5.69 Å². The molecule has 1 saturated carbocycles. The molecule has 0 radical (unpaired) electrons. The molecule has 2 N–H and O–H groups in total. The fourth-order valence-electron chi connectivity index (χ4n) is 4.67. The average Bonchev–Trinajstić information content (AvgIpc) is 3.19. The van der Waals surface area contributed by atoms with Gasteiger partial charge in [0.2, 0.25) is 0 Å². The first-order valence-electron chi connectivity index (χ1n) is 8.78. The zero-order valence-corrected chi connectivity index (χ0v) is 13.7. The van der Waals surface area contributed by atoms with Crippen molar-refractivity contribution >= 4 is 5.91 Å². The number of ether oxygens (including phenoxy) is 1. The van der Waals surface area contributed by atoms with Gasteiger partial charge < -0.3 is 14.7 Å². The second-order valence-electron chi connectivity index (χ2n) is 7.26. The van der Waals surface area contributed by atoms with Crippen molar-refractivity contribution in [2.24, 2.45) is 11.8 Å². The number of amides is 1. The number of H-pyrrole nitrogens is 1. The van der Waals surface area contributed by atoms with Gasteiger partial charge in [-0.15, -0.1) is 0 Å². The predicted molar refractivity (Wildman–Crippen MR) is 83.9 cm³/mol. The number of aromatic nitrogens is 2. The largest absolute Gasteiger partial charge is 0.390 e. The monoisotopic (exact) mass is 319 g/mol. The third kappa shape index (κ3) is 2.39. The van der Waals surface area contributed by atoms with Crippen LogP contribution in [0.2, 0.25) is 0 Å². The smallest absolute Gasteiger partial charge is 0.274 e.